The van der Waals surface area contributed by atoms with Gasteiger partial charge in [-0.2, -0.15) is 0 Å². The third-order valence-electron chi connectivity index (χ3n) is 4.65. The second-order valence-electron chi connectivity index (χ2n) is 6.32. The van der Waals surface area contributed by atoms with Gasteiger partial charge in [-0.25, -0.2) is 0 Å². The summed E-state index contributed by atoms with van der Waals surface area (Å²) in [7, 11) is 0. The predicted octanol–water partition coefficient (Wildman–Crippen LogP) is 4.44. The molecule has 0 unspecified atom stereocenters. The summed E-state index contributed by atoms with van der Waals surface area (Å²) in [5.74, 6) is 1.18. The lowest BCUT2D eigenvalue weighted by molar-refractivity contribution is 0.0682. The lowest BCUT2D eigenvalue weighted by atomic mass is 9.95. The van der Waals surface area contributed by atoms with E-state index in [1.807, 2.05) is 55.5 Å². The average molecular weight is 350 g/mol. The fraction of sp³-hybridized carbons (Fsp3) is 0.333. The summed E-state index contributed by atoms with van der Waals surface area (Å²) in [5, 5.41) is 8.61. The second kappa shape index (κ2) is 7.81. The molecule has 3 atom stereocenters. The molecule has 1 aromatic heterocycles. The predicted molar refractivity (Wildman–Crippen MR) is 96.7 cm³/mol. The van der Waals surface area contributed by atoms with E-state index in [1.54, 1.807) is 0 Å². The Morgan fingerprint density at radius 3 is 2.50 bits per heavy atom. The largest absolute Gasteiger partial charge is 0.422 e. The van der Waals surface area contributed by atoms with Crippen LogP contribution in [0.4, 0.5) is 0 Å². The van der Waals surface area contributed by atoms with Crippen molar-refractivity contribution in [2.24, 2.45) is 0 Å². The first-order chi connectivity index (χ1) is 12.9. The van der Waals surface area contributed by atoms with Gasteiger partial charge in [0.15, 0.2) is 6.10 Å². The Morgan fingerprint density at radius 2 is 1.77 bits per heavy atom. The van der Waals surface area contributed by atoms with Gasteiger partial charge in [-0.1, -0.05) is 60.7 Å². The standard InChI is InChI=1S/C21H22N2O3/c1-2-24-19(16-11-7-4-8-12-16)21-23-22-20(26-21)17-13-14-25-18(17)15-9-5-3-6-10-15/h3-12,17-19H,2,13-14H2,1H3/t17-,18+,19-/m0/s1. The fourth-order valence-electron chi connectivity index (χ4n) is 3.42. The van der Waals surface area contributed by atoms with E-state index < -0.39 is 0 Å². The third kappa shape index (κ3) is 3.41. The lowest BCUT2D eigenvalue weighted by Gasteiger charge is -2.16. The van der Waals surface area contributed by atoms with Crippen LogP contribution in [0.15, 0.2) is 65.1 Å². The van der Waals surface area contributed by atoms with Gasteiger partial charge in [0.05, 0.1) is 12.0 Å². The number of ether oxygens (including phenoxy) is 2. The summed E-state index contributed by atoms with van der Waals surface area (Å²) in [6, 6.07) is 20.2. The Bertz CT molecular complexity index is 820. The molecule has 134 valence electrons. The molecule has 0 amide bonds. The summed E-state index contributed by atoms with van der Waals surface area (Å²) < 4.78 is 17.9. The smallest absolute Gasteiger partial charge is 0.249 e. The minimum atomic E-state index is -0.347. The Morgan fingerprint density at radius 1 is 1.04 bits per heavy atom. The van der Waals surface area contributed by atoms with Crippen molar-refractivity contribution < 1.29 is 13.9 Å². The zero-order chi connectivity index (χ0) is 17.8. The molecule has 5 heteroatoms. The van der Waals surface area contributed by atoms with Crippen molar-refractivity contribution in [2.75, 3.05) is 13.2 Å². The molecule has 3 aromatic rings. The highest BCUT2D eigenvalue weighted by Crippen LogP contribution is 2.41. The monoisotopic (exact) mass is 350 g/mol. The molecule has 5 nitrogen and oxygen atoms in total. The number of hydrogen-bond donors (Lipinski definition) is 0. The molecule has 1 saturated heterocycles. The van der Waals surface area contributed by atoms with Gasteiger partial charge in [0.25, 0.3) is 0 Å². The molecule has 2 heterocycles. The van der Waals surface area contributed by atoms with Crippen molar-refractivity contribution in [1.29, 1.82) is 0 Å². The van der Waals surface area contributed by atoms with Gasteiger partial charge in [0.2, 0.25) is 11.8 Å². The summed E-state index contributed by atoms with van der Waals surface area (Å²) >= 11 is 0. The van der Waals surface area contributed by atoms with E-state index in [2.05, 4.69) is 22.3 Å². The fourth-order valence-corrected chi connectivity index (χ4v) is 3.42. The van der Waals surface area contributed by atoms with Crippen molar-refractivity contribution in [3.05, 3.63) is 83.6 Å². The van der Waals surface area contributed by atoms with E-state index in [4.69, 9.17) is 13.9 Å². The average Bonchev–Trinajstić information content (AvgIpc) is 3.37. The number of nitrogens with zero attached hydrogens (tertiary/aromatic N) is 2. The van der Waals surface area contributed by atoms with Crippen LogP contribution in [0.25, 0.3) is 0 Å². The molecule has 26 heavy (non-hydrogen) atoms. The second-order valence-corrected chi connectivity index (χ2v) is 6.32. The summed E-state index contributed by atoms with van der Waals surface area (Å²) in [4.78, 5) is 0. The molecule has 2 aromatic carbocycles. The molecule has 0 bridgehead atoms. The number of benzene rings is 2. The van der Waals surface area contributed by atoms with Crippen molar-refractivity contribution in [3.8, 4) is 0 Å². The van der Waals surface area contributed by atoms with Crippen molar-refractivity contribution in [1.82, 2.24) is 10.2 Å². The van der Waals surface area contributed by atoms with Crippen LogP contribution in [-0.2, 0) is 9.47 Å². The first-order valence-corrected chi connectivity index (χ1v) is 9.03. The van der Waals surface area contributed by atoms with Gasteiger partial charge >= 0.3 is 0 Å². The molecule has 1 aliphatic heterocycles. The summed E-state index contributed by atoms with van der Waals surface area (Å²) in [6.07, 6.45) is 0.470. The van der Waals surface area contributed by atoms with Crippen LogP contribution in [0.2, 0.25) is 0 Å². The van der Waals surface area contributed by atoms with Gasteiger partial charge in [0, 0.05) is 13.2 Å². The molecule has 0 radical (unpaired) electrons. The van der Waals surface area contributed by atoms with Gasteiger partial charge in [-0.3, -0.25) is 0 Å². The van der Waals surface area contributed by atoms with Gasteiger partial charge < -0.3 is 13.9 Å². The number of hydrogen-bond acceptors (Lipinski definition) is 5. The maximum atomic E-state index is 6.06. The Balaban J connectivity index is 1.60. The van der Waals surface area contributed by atoms with Crippen molar-refractivity contribution >= 4 is 0 Å². The Labute approximate surface area is 153 Å². The van der Waals surface area contributed by atoms with Crippen LogP contribution >= 0.6 is 0 Å². The molecule has 0 aliphatic carbocycles. The van der Waals surface area contributed by atoms with Crippen LogP contribution < -0.4 is 0 Å². The molecular weight excluding hydrogens is 328 g/mol. The lowest BCUT2D eigenvalue weighted by Crippen LogP contribution is -2.07. The SMILES string of the molecule is CCO[C@@H](c1ccccc1)c1nnc([C@H]2CCO[C@@H]2c2ccccc2)o1. The quantitative estimate of drug-likeness (QED) is 0.658. The molecule has 0 saturated carbocycles. The number of aromatic nitrogens is 2. The Kier molecular flexibility index (Phi) is 5.09. The van der Waals surface area contributed by atoms with Crippen molar-refractivity contribution in [3.63, 3.8) is 0 Å². The summed E-state index contributed by atoms with van der Waals surface area (Å²) in [6.45, 7) is 3.22. The zero-order valence-corrected chi connectivity index (χ0v) is 14.7. The van der Waals surface area contributed by atoms with Crippen LogP contribution in [0.1, 0.15) is 54.4 Å². The van der Waals surface area contributed by atoms with E-state index in [0.717, 1.165) is 17.5 Å². The van der Waals surface area contributed by atoms with Crippen LogP contribution in [0.5, 0.6) is 0 Å². The van der Waals surface area contributed by atoms with E-state index >= 15 is 0 Å². The first-order valence-electron chi connectivity index (χ1n) is 9.03. The topological polar surface area (TPSA) is 57.4 Å². The van der Waals surface area contributed by atoms with Gasteiger partial charge in [-0.05, 0) is 24.5 Å². The van der Waals surface area contributed by atoms with Crippen LogP contribution in [0, 0.1) is 0 Å². The highest BCUT2D eigenvalue weighted by molar-refractivity contribution is 5.24. The van der Waals surface area contributed by atoms with Crippen LogP contribution in [-0.4, -0.2) is 23.4 Å². The number of rotatable bonds is 6. The minimum absolute atomic E-state index is 0.0493. The van der Waals surface area contributed by atoms with Gasteiger partial charge in [0.1, 0.15) is 0 Å². The van der Waals surface area contributed by atoms with E-state index in [9.17, 15) is 0 Å². The first kappa shape index (κ1) is 16.9. The van der Waals surface area contributed by atoms with Gasteiger partial charge in [-0.15, -0.1) is 10.2 Å². The van der Waals surface area contributed by atoms with E-state index in [-0.39, 0.29) is 18.1 Å². The molecule has 4 rings (SSSR count). The minimum Gasteiger partial charge on any atom is -0.422 e. The normalized spacial score (nSPS) is 21.0. The third-order valence-corrected chi connectivity index (χ3v) is 4.65. The maximum absolute atomic E-state index is 6.06. The van der Waals surface area contributed by atoms with Crippen molar-refractivity contribution in [2.45, 2.75) is 31.5 Å². The highest BCUT2D eigenvalue weighted by Gasteiger charge is 2.35. The highest BCUT2D eigenvalue weighted by atomic mass is 16.5. The molecule has 0 N–H and O–H groups in total. The molecule has 0 spiro atoms. The van der Waals surface area contributed by atoms with Crippen LogP contribution in [0.3, 0.4) is 0 Å². The maximum Gasteiger partial charge on any atom is 0.249 e. The van der Waals surface area contributed by atoms with E-state index in [0.29, 0.717) is 25.0 Å². The molecule has 1 fully saturated rings. The van der Waals surface area contributed by atoms with E-state index in [1.165, 1.54) is 0 Å². The zero-order valence-electron chi connectivity index (χ0n) is 14.7. The molecular formula is C21H22N2O3. The summed E-state index contributed by atoms with van der Waals surface area (Å²) in [5.41, 5.74) is 2.14. The Hall–Kier alpha value is -2.50. The molecule has 1 aliphatic rings.